The lowest BCUT2D eigenvalue weighted by atomic mass is 10.1. The highest BCUT2D eigenvalue weighted by Crippen LogP contribution is 2.31. The zero-order valence-corrected chi connectivity index (χ0v) is 13.3. The molecule has 2 aromatic rings. The zero-order valence-electron chi connectivity index (χ0n) is 13.3. The van der Waals surface area contributed by atoms with Gasteiger partial charge in [0.1, 0.15) is 0 Å². The van der Waals surface area contributed by atoms with Crippen molar-refractivity contribution < 1.29 is 0 Å². The summed E-state index contributed by atoms with van der Waals surface area (Å²) in [5, 5.41) is 0. The van der Waals surface area contributed by atoms with Crippen molar-refractivity contribution in [1.29, 1.82) is 0 Å². The SMILES string of the molecule is c1cnc([C@@H]2CCCN2Cc2ccnc(N3CCCC3)n2)cn1. The lowest BCUT2D eigenvalue weighted by Gasteiger charge is -2.24. The largest absolute Gasteiger partial charge is 0.341 e. The summed E-state index contributed by atoms with van der Waals surface area (Å²) in [5.41, 5.74) is 2.16. The van der Waals surface area contributed by atoms with Crippen LogP contribution in [0, 0.1) is 0 Å². The predicted octanol–water partition coefficient (Wildman–Crippen LogP) is 2.20. The van der Waals surface area contributed by atoms with E-state index in [1.165, 1.54) is 19.3 Å². The van der Waals surface area contributed by atoms with Crippen molar-refractivity contribution in [2.24, 2.45) is 0 Å². The molecule has 4 rings (SSSR count). The average molecular weight is 310 g/mol. The van der Waals surface area contributed by atoms with Crippen LogP contribution in [0.1, 0.15) is 43.1 Å². The molecule has 0 amide bonds. The molecular weight excluding hydrogens is 288 g/mol. The second-order valence-electron chi connectivity index (χ2n) is 6.30. The van der Waals surface area contributed by atoms with Crippen molar-refractivity contribution in [3.63, 3.8) is 0 Å². The van der Waals surface area contributed by atoms with Gasteiger partial charge in [0.05, 0.1) is 17.4 Å². The Bertz CT molecular complexity index is 641. The fraction of sp³-hybridized carbons (Fsp3) is 0.529. The van der Waals surface area contributed by atoms with Gasteiger partial charge in [0, 0.05) is 44.4 Å². The second-order valence-corrected chi connectivity index (χ2v) is 6.30. The second kappa shape index (κ2) is 6.58. The minimum Gasteiger partial charge on any atom is -0.341 e. The van der Waals surface area contributed by atoms with E-state index in [4.69, 9.17) is 4.98 Å². The number of nitrogens with zero attached hydrogens (tertiary/aromatic N) is 6. The third-order valence-electron chi connectivity index (χ3n) is 4.74. The number of aromatic nitrogens is 4. The third-order valence-corrected chi connectivity index (χ3v) is 4.74. The van der Waals surface area contributed by atoms with Crippen LogP contribution < -0.4 is 4.90 Å². The fourth-order valence-corrected chi connectivity index (χ4v) is 3.58. The van der Waals surface area contributed by atoms with Gasteiger partial charge in [-0.3, -0.25) is 14.9 Å². The van der Waals surface area contributed by atoms with Gasteiger partial charge in [-0.25, -0.2) is 9.97 Å². The average Bonchev–Trinajstić information content (AvgIpc) is 3.28. The Morgan fingerprint density at radius 2 is 1.91 bits per heavy atom. The molecule has 0 unspecified atom stereocenters. The van der Waals surface area contributed by atoms with Crippen LogP contribution in [0.4, 0.5) is 5.95 Å². The van der Waals surface area contributed by atoms with E-state index < -0.39 is 0 Å². The van der Waals surface area contributed by atoms with Crippen molar-refractivity contribution in [1.82, 2.24) is 24.8 Å². The topological polar surface area (TPSA) is 58.0 Å². The van der Waals surface area contributed by atoms with E-state index in [1.54, 1.807) is 12.4 Å². The zero-order chi connectivity index (χ0) is 15.5. The summed E-state index contributed by atoms with van der Waals surface area (Å²) >= 11 is 0. The molecule has 6 nitrogen and oxygen atoms in total. The molecule has 0 bridgehead atoms. The van der Waals surface area contributed by atoms with Crippen LogP contribution in [-0.4, -0.2) is 44.5 Å². The molecule has 23 heavy (non-hydrogen) atoms. The van der Waals surface area contributed by atoms with Crippen molar-refractivity contribution in [3.8, 4) is 0 Å². The highest BCUT2D eigenvalue weighted by molar-refractivity contribution is 5.31. The quantitative estimate of drug-likeness (QED) is 0.863. The van der Waals surface area contributed by atoms with E-state index >= 15 is 0 Å². The van der Waals surface area contributed by atoms with Gasteiger partial charge in [0.15, 0.2) is 0 Å². The first-order valence-corrected chi connectivity index (χ1v) is 8.47. The molecule has 2 fully saturated rings. The smallest absolute Gasteiger partial charge is 0.225 e. The molecule has 0 N–H and O–H groups in total. The minimum absolute atomic E-state index is 0.355. The molecule has 6 heteroatoms. The molecular formula is C17H22N6. The summed E-state index contributed by atoms with van der Waals surface area (Å²) in [7, 11) is 0. The summed E-state index contributed by atoms with van der Waals surface area (Å²) in [6.07, 6.45) is 12.1. The fourth-order valence-electron chi connectivity index (χ4n) is 3.58. The van der Waals surface area contributed by atoms with Gasteiger partial charge in [-0.2, -0.15) is 0 Å². The molecule has 2 aliphatic heterocycles. The van der Waals surface area contributed by atoms with Crippen LogP contribution in [-0.2, 0) is 6.54 Å². The molecule has 2 aliphatic rings. The molecule has 0 aliphatic carbocycles. The van der Waals surface area contributed by atoms with Gasteiger partial charge in [0.2, 0.25) is 5.95 Å². The Labute approximate surface area is 136 Å². The minimum atomic E-state index is 0.355. The van der Waals surface area contributed by atoms with Crippen LogP contribution in [0.3, 0.4) is 0 Å². The summed E-state index contributed by atoms with van der Waals surface area (Å²) in [4.78, 5) is 22.7. The Morgan fingerprint density at radius 3 is 2.74 bits per heavy atom. The van der Waals surface area contributed by atoms with Crippen LogP contribution >= 0.6 is 0 Å². The lowest BCUT2D eigenvalue weighted by Crippen LogP contribution is -2.25. The van der Waals surface area contributed by atoms with Gasteiger partial charge in [-0.05, 0) is 38.3 Å². The Balaban J connectivity index is 1.50. The molecule has 0 spiro atoms. The molecule has 120 valence electrons. The number of hydrogen-bond donors (Lipinski definition) is 0. The summed E-state index contributed by atoms with van der Waals surface area (Å²) in [5.74, 6) is 0.884. The van der Waals surface area contributed by atoms with Gasteiger partial charge in [0.25, 0.3) is 0 Å². The maximum atomic E-state index is 4.78. The molecule has 2 aromatic heterocycles. The Kier molecular flexibility index (Phi) is 4.15. The Morgan fingerprint density at radius 1 is 1.00 bits per heavy atom. The van der Waals surface area contributed by atoms with Crippen molar-refractivity contribution in [2.45, 2.75) is 38.3 Å². The molecule has 2 saturated heterocycles. The number of likely N-dealkylation sites (tertiary alicyclic amines) is 1. The number of anilines is 1. The maximum Gasteiger partial charge on any atom is 0.225 e. The highest BCUT2D eigenvalue weighted by atomic mass is 15.3. The van der Waals surface area contributed by atoms with Crippen LogP contribution in [0.2, 0.25) is 0 Å². The normalized spacial score (nSPS) is 21.9. The first-order valence-electron chi connectivity index (χ1n) is 8.47. The third kappa shape index (κ3) is 3.17. The number of hydrogen-bond acceptors (Lipinski definition) is 6. The van der Waals surface area contributed by atoms with E-state index in [-0.39, 0.29) is 0 Å². The maximum absolute atomic E-state index is 4.78. The summed E-state index contributed by atoms with van der Waals surface area (Å²) in [6.45, 7) is 4.10. The lowest BCUT2D eigenvalue weighted by molar-refractivity contribution is 0.241. The monoisotopic (exact) mass is 310 g/mol. The molecule has 1 atom stereocenters. The van der Waals surface area contributed by atoms with E-state index in [1.807, 2.05) is 18.5 Å². The van der Waals surface area contributed by atoms with Crippen LogP contribution in [0.25, 0.3) is 0 Å². The summed E-state index contributed by atoms with van der Waals surface area (Å²) in [6, 6.07) is 2.39. The Hall–Kier alpha value is -2.08. The molecule has 4 heterocycles. The van der Waals surface area contributed by atoms with Crippen LogP contribution in [0.15, 0.2) is 30.9 Å². The molecule has 0 saturated carbocycles. The first kappa shape index (κ1) is 14.5. The summed E-state index contributed by atoms with van der Waals surface area (Å²) < 4.78 is 0. The van der Waals surface area contributed by atoms with Crippen molar-refractivity contribution >= 4 is 5.95 Å². The predicted molar refractivity (Wildman–Crippen MR) is 87.9 cm³/mol. The van der Waals surface area contributed by atoms with Gasteiger partial charge < -0.3 is 4.90 Å². The standard InChI is InChI=1S/C17H22N6/c1-2-10-22(9-1)17-20-6-5-14(21-17)13-23-11-3-4-16(23)15-12-18-7-8-19-15/h5-8,12,16H,1-4,9-11,13H2/t16-/m0/s1. The van der Waals surface area contributed by atoms with E-state index in [0.717, 1.165) is 49.9 Å². The highest BCUT2D eigenvalue weighted by Gasteiger charge is 2.27. The van der Waals surface area contributed by atoms with Gasteiger partial charge in [-0.15, -0.1) is 0 Å². The van der Waals surface area contributed by atoms with E-state index in [9.17, 15) is 0 Å². The first-order chi connectivity index (χ1) is 11.4. The molecule has 0 aromatic carbocycles. The van der Waals surface area contributed by atoms with Gasteiger partial charge >= 0.3 is 0 Å². The van der Waals surface area contributed by atoms with Gasteiger partial charge in [-0.1, -0.05) is 0 Å². The van der Waals surface area contributed by atoms with Crippen molar-refractivity contribution in [3.05, 3.63) is 42.2 Å². The molecule has 0 radical (unpaired) electrons. The van der Waals surface area contributed by atoms with E-state index in [2.05, 4.69) is 24.8 Å². The van der Waals surface area contributed by atoms with E-state index in [0.29, 0.717) is 6.04 Å². The van der Waals surface area contributed by atoms with Crippen LogP contribution in [0.5, 0.6) is 0 Å². The number of rotatable bonds is 4. The van der Waals surface area contributed by atoms with Crippen molar-refractivity contribution in [2.75, 3.05) is 24.5 Å².